The highest BCUT2D eigenvalue weighted by Gasteiger charge is 2.46. The number of hydrogen-bond acceptors (Lipinski definition) is 3. The Morgan fingerprint density at radius 1 is 1.50 bits per heavy atom. The summed E-state index contributed by atoms with van der Waals surface area (Å²) < 4.78 is 5.12. The highest BCUT2D eigenvalue weighted by molar-refractivity contribution is 5.89. The van der Waals surface area contributed by atoms with Crippen molar-refractivity contribution in [3.63, 3.8) is 0 Å². The zero-order valence-electron chi connectivity index (χ0n) is 8.56. The first kappa shape index (κ1) is 9.35. The Morgan fingerprint density at radius 3 is 2.94 bits per heavy atom. The summed E-state index contributed by atoms with van der Waals surface area (Å²) in [5, 5.41) is 0. The van der Waals surface area contributed by atoms with Crippen LogP contribution in [0.15, 0.2) is 24.5 Å². The van der Waals surface area contributed by atoms with Crippen molar-refractivity contribution in [3.8, 4) is 0 Å². The normalized spacial score (nSPS) is 18.2. The summed E-state index contributed by atoms with van der Waals surface area (Å²) in [5.41, 5.74) is 7.46. The molecule has 1 fully saturated rings. The number of imidazole rings is 1. The van der Waals surface area contributed by atoms with Gasteiger partial charge in [0.1, 0.15) is 5.41 Å². The molecule has 1 aromatic carbocycles. The van der Waals surface area contributed by atoms with Crippen LogP contribution in [0.3, 0.4) is 0 Å². The van der Waals surface area contributed by atoms with Crippen molar-refractivity contribution in [2.24, 2.45) is 5.73 Å². The number of aromatic nitrogens is 2. The number of carbonyl (C=O) groups is 1. The van der Waals surface area contributed by atoms with E-state index in [1.807, 2.05) is 18.2 Å². The summed E-state index contributed by atoms with van der Waals surface area (Å²) in [7, 11) is 0. The average Bonchev–Trinajstić information content (AvgIpc) is 2.62. The first-order valence-corrected chi connectivity index (χ1v) is 5.04. The van der Waals surface area contributed by atoms with Crippen LogP contribution < -0.4 is 5.73 Å². The molecule has 0 spiro atoms. The number of hydrogen-bond donors (Lipinski definition) is 2. The largest absolute Gasteiger partial charge is 0.378 e. The summed E-state index contributed by atoms with van der Waals surface area (Å²) in [5.74, 6) is -0.336. The second-order valence-corrected chi connectivity index (χ2v) is 4.07. The van der Waals surface area contributed by atoms with Gasteiger partial charge in [0.05, 0.1) is 30.6 Å². The molecular weight excluding hydrogens is 206 g/mol. The van der Waals surface area contributed by atoms with Crippen LogP contribution >= 0.6 is 0 Å². The number of primary amides is 1. The van der Waals surface area contributed by atoms with E-state index in [9.17, 15) is 4.79 Å². The molecule has 16 heavy (non-hydrogen) atoms. The minimum absolute atomic E-state index is 0.336. The van der Waals surface area contributed by atoms with Crippen molar-refractivity contribution in [2.45, 2.75) is 5.41 Å². The lowest BCUT2D eigenvalue weighted by Gasteiger charge is -2.38. The lowest BCUT2D eigenvalue weighted by Crippen LogP contribution is -2.56. The van der Waals surface area contributed by atoms with Crippen LogP contribution in [-0.4, -0.2) is 29.1 Å². The quantitative estimate of drug-likeness (QED) is 0.759. The van der Waals surface area contributed by atoms with Crippen molar-refractivity contribution >= 4 is 16.9 Å². The smallest absolute Gasteiger partial charge is 0.232 e. The monoisotopic (exact) mass is 217 g/mol. The van der Waals surface area contributed by atoms with Gasteiger partial charge in [-0.25, -0.2) is 4.98 Å². The summed E-state index contributed by atoms with van der Waals surface area (Å²) in [6.45, 7) is 0.726. The minimum Gasteiger partial charge on any atom is -0.378 e. The molecule has 1 saturated heterocycles. The number of aromatic amines is 1. The molecule has 0 unspecified atom stereocenters. The fourth-order valence-corrected chi connectivity index (χ4v) is 1.99. The molecule has 0 radical (unpaired) electrons. The topological polar surface area (TPSA) is 81.0 Å². The van der Waals surface area contributed by atoms with Gasteiger partial charge in [-0.05, 0) is 17.7 Å². The van der Waals surface area contributed by atoms with E-state index < -0.39 is 5.41 Å². The first-order chi connectivity index (χ1) is 7.72. The van der Waals surface area contributed by atoms with Crippen LogP contribution in [0.5, 0.6) is 0 Å². The van der Waals surface area contributed by atoms with Gasteiger partial charge in [-0.2, -0.15) is 0 Å². The number of benzene rings is 1. The van der Waals surface area contributed by atoms with E-state index >= 15 is 0 Å². The van der Waals surface area contributed by atoms with Crippen molar-refractivity contribution in [1.29, 1.82) is 0 Å². The van der Waals surface area contributed by atoms with Gasteiger partial charge in [-0.3, -0.25) is 4.79 Å². The van der Waals surface area contributed by atoms with Crippen LogP contribution in [0.2, 0.25) is 0 Å². The molecule has 1 aliphatic rings. The number of H-pyrrole nitrogens is 1. The summed E-state index contributed by atoms with van der Waals surface area (Å²) in [6.07, 6.45) is 1.63. The van der Waals surface area contributed by atoms with Gasteiger partial charge in [-0.1, -0.05) is 6.07 Å². The van der Waals surface area contributed by atoms with Crippen molar-refractivity contribution < 1.29 is 9.53 Å². The van der Waals surface area contributed by atoms with Crippen LogP contribution in [0.4, 0.5) is 0 Å². The highest BCUT2D eigenvalue weighted by Crippen LogP contribution is 2.33. The predicted octanol–water partition coefficient (Wildman–Crippen LogP) is 0.316. The number of nitrogens with zero attached hydrogens (tertiary/aromatic N) is 1. The minimum atomic E-state index is -0.653. The SMILES string of the molecule is NC(=O)C1(c2ccc3nc[nH]c3c2)COC1. The van der Waals surface area contributed by atoms with Gasteiger partial charge in [0.25, 0.3) is 0 Å². The molecule has 3 rings (SSSR count). The Hall–Kier alpha value is -1.88. The summed E-state index contributed by atoms with van der Waals surface area (Å²) >= 11 is 0. The molecule has 5 nitrogen and oxygen atoms in total. The van der Waals surface area contributed by atoms with Gasteiger partial charge in [0, 0.05) is 0 Å². The summed E-state index contributed by atoms with van der Waals surface area (Å²) in [6, 6.07) is 5.68. The van der Waals surface area contributed by atoms with E-state index in [2.05, 4.69) is 9.97 Å². The molecule has 1 amide bonds. The van der Waals surface area contributed by atoms with Crippen LogP contribution in [-0.2, 0) is 14.9 Å². The Bertz CT molecular complexity index is 557. The van der Waals surface area contributed by atoms with Crippen molar-refractivity contribution in [3.05, 3.63) is 30.1 Å². The molecule has 0 aliphatic carbocycles. The van der Waals surface area contributed by atoms with E-state index in [4.69, 9.17) is 10.5 Å². The van der Waals surface area contributed by atoms with Gasteiger partial charge < -0.3 is 15.5 Å². The molecule has 1 aromatic heterocycles. The van der Waals surface area contributed by atoms with Gasteiger partial charge >= 0.3 is 0 Å². The third-order valence-electron chi connectivity index (χ3n) is 3.14. The van der Waals surface area contributed by atoms with Crippen LogP contribution in [0, 0.1) is 0 Å². The zero-order chi connectivity index (χ0) is 11.2. The van der Waals surface area contributed by atoms with E-state index in [0.717, 1.165) is 16.6 Å². The molecule has 1 aliphatic heterocycles. The van der Waals surface area contributed by atoms with Crippen LogP contribution in [0.1, 0.15) is 5.56 Å². The number of carbonyl (C=O) groups excluding carboxylic acids is 1. The fourth-order valence-electron chi connectivity index (χ4n) is 1.99. The predicted molar refractivity (Wildman–Crippen MR) is 57.8 cm³/mol. The Balaban J connectivity index is 2.14. The van der Waals surface area contributed by atoms with E-state index in [1.54, 1.807) is 6.33 Å². The lowest BCUT2D eigenvalue weighted by atomic mass is 9.78. The number of amides is 1. The molecule has 2 aromatic rings. The molecule has 0 bridgehead atoms. The maximum atomic E-state index is 11.5. The molecule has 5 heteroatoms. The average molecular weight is 217 g/mol. The van der Waals surface area contributed by atoms with Crippen molar-refractivity contribution in [1.82, 2.24) is 9.97 Å². The fraction of sp³-hybridized carbons (Fsp3) is 0.273. The Kier molecular flexibility index (Phi) is 1.79. The Morgan fingerprint density at radius 2 is 2.31 bits per heavy atom. The molecule has 0 atom stereocenters. The molecule has 3 N–H and O–H groups in total. The molecular formula is C11H11N3O2. The second-order valence-electron chi connectivity index (χ2n) is 4.07. The van der Waals surface area contributed by atoms with Gasteiger partial charge in [-0.15, -0.1) is 0 Å². The van der Waals surface area contributed by atoms with Gasteiger partial charge in [0.2, 0.25) is 5.91 Å². The number of nitrogens with two attached hydrogens (primary N) is 1. The number of nitrogens with one attached hydrogen (secondary N) is 1. The third-order valence-corrected chi connectivity index (χ3v) is 3.14. The van der Waals surface area contributed by atoms with Gasteiger partial charge in [0.15, 0.2) is 0 Å². The zero-order valence-corrected chi connectivity index (χ0v) is 8.56. The van der Waals surface area contributed by atoms with E-state index in [1.165, 1.54) is 0 Å². The van der Waals surface area contributed by atoms with Crippen LogP contribution in [0.25, 0.3) is 11.0 Å². The number of fused-ring (bicyclic) bond motifs is 1. The summed E-state index contributed by atoms with van der Waals surface area (Å²) in [4.78, 5) is 18.6. The molecule has 82 valence electrons. The molecule has 2 heterocycles. The maximum Gasteiger partial charge on any atom is 0.232 e. The maximum absolute atomic E-state index is 11.5. The number of ether oxygens (including phenoxy) is 1. The molecule has 0 saturated carbocycles. The standard InChI is InChI=1S/C11H11N3O2/c12-10(15)11(4-16-5-11)7-1-2-8-9(3-7)14-6-13-8/h1-3,6H,4-5H2,(H2,12,15)(H,13,14). The van der Waals surface area contributed by atoms with E-state index in [-0.39, 0.29) is 5.91 Å². The number of rotatable bonds is 2. The second kappa shape index (κ2) is 3.05. The van der Waals surface area contributed by atoms with Crippen molar-refractivity contribution in [2.75, 3.05) is 13.2 Å². The first-order valence-electron chi connectivity index (χ1n) is 5.04. The Labute approximate surface area is 91.6 Å². The van der Waals surface area contributed by atoms with E-state index in [0.29, 0.717) is 13.2 Å². The lowest BCUT2D eigenvalue weighted by molar-refractivity contribution is -0.141. The highest BCUT2D eigenvalue weighted by atomic mass is 16.5. The third kappa shape index (κ3) is 1.09.